The second-order valence-corrected chi connectivity index (χ2v) is 11.9. The Morgan fingerprint density at radius 1 is 1.22 bits per heavy atom. The summed E-state index contributed by atoms with van der Waals surface area (Å²) < 4.78 is 62.3. The quantitative estimate of drug-likeness (QED) is 0.382. The third-order valence-electron chi connectivity index (χ3n) is 9.00. The number of urea groups is 1. The minimum absolute atomic E-state index is 0.103. The van der Waals surface area contributed by atoms with E-state index in [0.717, 1.165) is 5.39 Å². The first-order valence-electron chi connectivity index (χ1n) is 13.7. The number of aromatic nitrogens is 5. The lowest BCUT2D eigenvalue weighted by Gasteiger charge is -2.45. The van der Waals surface area contributed by atoms with E-state index < -0.39 is 41.9 Å². The monoisotopic (exact) mass is 578 g/mol. The van der Waals surface area contributed by atoms with Gasteiger partial charge in [-0.15, -0.1) is 0 Å². The number of methoxy groups -OCH3 is 1. The molecule has 15 heteroatoms. The smallest absolute Gasteiger partial charge is 0.380 e. The van der Waals surface area contributed by atoms with Gasteiger partial charge in [-0.25, -0.2) is 9.18 Å². The highest BCUT2D eigenvalue weighted by atomic mass is 19.4. The van der Waals surface area contributed by atoms with E-state index in [0.29, 0.717) is 67.2 Å². The van der Waals surface area contributed by atoms with E-state index in [1.54, 1.807) is 24.1 Å². The molecule has 1 unspecified atom stereocenters. The molecule has 11 nitrogen and oxygen atoms in total. The number of H-pyrrole nitrogens is 1. The van der Waals surface area contributed by atoms with Gasteiger partial charge in [-0.05, 0) is 31.7 Å². The number of hydrogen-bond acceptors (Lipinski definition) is 7. The van der Waals surface area contributed by atoms with Crippen molar-refractivity contribution >= 4 is 28.4 Å². The van der Waals surface area contributed by atoms with Crippen molar-refractivity contribution in [3.63, 3.8) is 0 Å². The largest absolute Gasteiger partial charge is 0.417 e. The van der Waals surface area contributed by atoms with Crippen LogP contribution in [0.15, 0.2) is 18.5 Å². The fourth-order valence-corrected chi connectivity index (χ4v) is 6.04. The van der Waals surface area contributed by atoms with Crippen LogP contribution in [0.4, 0.5) is 33.9 Å². The van der Waals surface area contributed by atoms with Crippen molar-refractivity contribution in [2.75, 3.05) is 37.0 Å². The number of nitrogens with one attached hydrogen (secondary N) is 2. The van der Waals surface area contributed by atoms with Crippen molar-refractivity contribution < 1.29 is 32.2 Å². The molecular formula is C26H30F4N8O3. The minimum atomic E-state index is -4.76. The van der Waals surface area contributed by atoms with E-state index >= 15 is 0 Å². The first kappa shape index (κ1) is 26.4. The molecule has 2 saturated carbocycles. The van der Waals surface area contributed by atoms with Gasteiger partial charge in [0.05, 0.1) is 41.1 Å². The standard InChI is InChI=1S/C26H30F4N8O3/c1-41-15-11-36(12-15)21-16-9-31-17(8-19(16)38(35-21)14-23(27)2-3-23)20-18(10-32-34-20)33-22(39)37-7-6-25(40,26(28,29)30)13-24(37)4-5-24/h8-10,15,40H,2-7,11-14H2,1H3,(H,32,34)(H,33,39). The number of anilines is 2. The van der Waals surface area contributed by atoms with Gasteiger partial charge in [-0.3, -0.25) is 14.8 Å². The molecule has 220 valence electrons. The first-order chi connectivity index (χ1) is 19.4. The summed E-state index contributed by atoms with van der Waals surface area (Å²) >= 11 is 0. The Bertz CT molecular complexity index is 1510. The molecule has 3 aromatic rings. The summed E-state index contributed by atoms with van der Waals surface area (Å²) in [6, 6.07) is 1.20. The van der Waals surface area contributed by atoms with Crippen molar-refractivity contribution in [3.05, 3.63) is 18.5 Å². The van der Waals surface area contributed by atoms with Crippen LogP contribution in [0.5, 0.6) is 0 Å². The van der Waals surface area contributed by atoms with Crippen LogP contribution < -0.4 is 10.2 Å². The SMILES string of the molecule is COC1CN(c2nn(CC3(F)CC3)c3cc(-c4[nH]ncc4NC(=O)N4CCC(O)(C(F)(F)F)CC45CC5)ncc23)C1. The van der Waals surface area contributed by atoms with Crippen molar-refractivity contribution in [2.45, 2.75) is 74.2 Å². The van der Waals surface area contributed by atoms with Gasteiger partial charge in [-0.1, -0.05) is 0 Å². The lowest BCUT2D eigenvalue weighted by Crippen LogP contribution is -2.60. The summed E-state index contributed by atoms with van der Waals surface area (Å²) in [6.07, 6.45) is -0.991. The van der Waals surface area contributed by atoms with Crippen molar-refractivity contribution in [1.82, 2.24) is 29.9 Å². The number of piperidine rings is 1. The maximum atomic E-state index is 14.8. The molecule has 1 spiro atoms. The minimum Gasteiger partial charge on any atom is -0.380 e. The molecule has 4 aliphatic rings. The number of aromatic amines is 1. The van der Waals surface area contributed by atoms with Crippen molar-refractivity contribution in [2.24, 2.45) is 0 Å². The number of nitrogens with zero attached hydrogens (tertiary/aromatic N) is 6. The number of carbonyl (C=O) groups excluding carboxylic acids is 1. The molecule has 4 fully saturated rings. The molecule has 0 bridgehead atoms. The molecule has 2 amide bonds. The number of fused-ring (bicyclic) bond motifs is 1. The van der Waals surface area contributed by atoms with E-state index in [9.17, 15) is 27.5 Å². The number of halogens is 4. The van der Waals surface area contributed by atoms with Gasteiger partial charge in [-0.2, -0.15) is 23.4 Å². The Morgan fingerprint density at radius 3 is 2.63 bits per heavy atom. The van der Waals surface area contributed by atoms with Crippen LogP contribution >= 0.6 is 0 Å². The molecule has 7 rings (SSSR count). The van der Waals surface area contributed by atoms with Crippen LogP contribution in [-0.4, -0.2) is 96.8 Å². The number of pyridine rings is 1. The topological polar surface area (TPSA) is 124 Å². The Kier molecular flexibility index (Phi) is 5.66. The van der Waals surface area contributed by atoms with Crippen LogP contribution in [0, 0.1) is 0 Å². The summed E-state index contributed by atoms with van der Waals surface area (Å²) in [5.74, 6) is 0.702. The Hall–Kier alpha value is -3.46. The zero-order valence-corrected chi connectivity index (χ0v) is 22.3. The van der Waals surface area contributed by atoms with Crippen LogP contribution in [0.1, 0.15) is 38.5 Å². The lowest BCUT2D eigenvalue weighted by molar-refractivity contribution is -0.277. The van der Waals surface area contributed by atoms with Gasteiger partial charge in [0.15, 0.2) is 11.4 Å². The molecule has 2 aliphatic carbocycles. The molecule has 0 radical (unpaired) electrons. The van der Waals surface area contributed by atoms with Gasteiger partial charge in [0.25, 0.3) is 0 Å². The zero-order valence-electron chi connectivity index (χ0n) is 22.3. The number of rotatable bonds is 6. The summed E-state index contributed by atoms with van der Waals surface area (Å²) in [4.78, 5) is 21.3. The third-order valence-corrected chi connectivity index (χ3v) is 9.00. The van der Waals surface area contributed by atoms with E-state index in [4.69, 9.17) is 9.84 Å². The highest BCUT2D eigenvalue weighted by Crippen LogP contribution is 2.55. The fourth-order valence-electron chi connectivity index (χ4n) is 6.04. The predicted molar refractivity (Wildman–Crippen MR) is 139 cm³/mol. The van der Waals surface area contributed by atoms with Gasteiger partial charge in [0, 0.05) is 51.3 Å². The van der Waals surface area contributed by atoms with E-state index in [1.807, 2.05) is 0 Å². The van der Waals surface area contributed by atoms with Gasteiger partial charge in [0.2, 0.25) is 0 Å². The average Bonchev–Trinajstić information content (AvgIpc) is 3.72. The fraction of sp³-hybridized carbons (Fsp3) is 0.615. The maximum absolute atomic E-state index is 14.8. The highest BCUT2D eigenvalue weighted by Gasteiger charge is 2.65. The summed E-state index contributed by atoms with van der Waals surface area (Å²) in [6.45, 7) is 1.22. The molecule has 2 saturated heterocycles. The summed E-state index contributed by atoms with van der Waals surface area (Å²) in [7, 11) is 1.66. The van der Waals surface area contributed by atoms with Crippen LogP contribution in [0.3, 0.4) is 0 Å². The molecular weight excluding hydrogens is 548 g/mol. The molecule has 3 aromatic heterocycles. The molecule has 2 aliphatic heterocycles. The number of aliphatic hydroxyl groups is 1. The maximum Gasteiger partial charge on any atom is 0.417 e. The molecule has 3 N–H and O–H groups in total. The molecule has 1 atom stereocenters. The van der Waals surface area contributed by atoms with E-state index in [2.05, 4.69) is 25.4 Å². The van der Waals surface area contributed by atoms with E-state index in [-0.39, 0.29) is 19.2 Å². The number of likely N-dealkylation sites (tertiary alicyclic amines) is 1. The van der Waals surface area contributed by atoms with Crippen molar-refractivity contribution in [3.8, 4) is 11.4 Å². The number of alkyl halides is 4. The average molecular weight is 579 g/mol. The summed E-state index contributed by atoms with van der Waals surface area (Å²) in [5, 5.41) is 25.4. The van der Waals surface area contributed by atoms with Crippen molar-refractivity contribution in [1.29, 1.82) is 0 Å². The molecule has 0 aromatic carbocycles. The van der Waals surface area contributed by atoms with E-state index in [1.165, 1.54) is 11.1 Å². The van der Waals surface area contributed by atoms with Gasteiger partial charge in [0.1, 0.15) is 11.4 Å². The van der Waals surface area contributed by atoms with Crippen LogP contribution in [0.2, 0.25) is 0 Å². The number of hydrogen-bond donors (Lipinski definition) is 3. The Labute approximate surface area is 231 Å². The second kappa shape index (κ2) is 8.77. The summed E-state index contributed by atoms with van der Waals surface area (Å²) in [5.41, 5.74) is -3.31. The Morgan fingerprint density at radius 2 is 1.98 bits per heavy atom. The van der Waals surface area contributed by atoms with Gasteiger partial charge < -0.3 is 25.0 Å². The Balaban J connectivity index is 1.15. The van der Waals surface area contributed by atoms with Crippen LogP contribution in [-0.2, 0) is 11.3 Å². The van der Waals surface area contributed by atoms with Gasteiger partial charge >= 0.3 is 12.2 Å². The highest BCUT2D eigenvalue weighted by molar-refractivity contribution is 5.96. The second-order valence-electron chi connectivity index (χ2n) is 11.9. The predicted octanol–water partition coefficient (Wildman–Crippen LogP) is 3.61. The lowest BCUT2D eigenvalue weighted by atomic mass is 9.84. The number of carbonyl (C=O) groups is 1. The zero-order chi connectivity index (χ0) is 28.8. The normalized spacial score (nSPS) is 25.0. The number of ether oxygens (including phenoxy) is 1. The molecule has 5 heterocycles. The molecule has 41 heavy (non-hydrogen) atoms. The number of amides is 2. The van der Waals surface area contributed by atoms with Crippen LogP contribution in [0.25, 0.3) is 22.3 Å². The first-order valence-corrected chi connectivity index (χ1v) is 13.7. The third kappa shape index (κ3) is 4.40.